The third-order valence-corrected chi connectivity index (χ3v) is 3.94. The summed E-state index contributed by atoms with van der Waals surface area (Å²) in [6.45, 7) is -1.79. The molecule has 0 aromatic carbocycles. The number of aliphatic carboxylic acids is 1. The van der Waals surface area contributed by atoms with E-state index in [9.17, 15) is 31.2 Å². The number of nitrogens with one attached hydrogen (secondary N) is 1. The molecule has 1 saturated heterocycles. The van der Waals surface area contributed by atoms with Gasteiger partial charge >= 0.3 is 18.2 Å². The number of carboxylic acids is 1. The molecular weight excluding hydrogens is 319 g/mol. The Morgan fingerprint density at radius 1 is 1.38 bits per heavy atom. The van der Waals surface area contributed by atoms with Gasteiger partial charge in [0.05, 0.1) is 5.75 Å². The molecule has 0 aromatic rings. The monoisotopic (exact) mass is 333 g/mol. The number of likely N-dealkylation sites (tertiary alicyclic amines) is 1. The van der Waals surface area contributed by atoms with E-state index in [1.807, 2.05) is 0 Å². The lowest BCUT2D eigenvalue weighted by Gasteiger charge is -2.27. The molecule has 0 aromatic heterocycles. The zero-order valence-electron chi connectivity index (χ0n) is 10.7. The summed E-state index contributed by atoms with van der Waals surface area (Å²) < 4.78 is 59.9. The number of nitrogens with two attached hydrogens (primary N) is 1. The summed E-state index contributed by atoms with van der Waals surface area (Å²) >= 11 is 0. The SMILES string of the molecule is NS(=O)(=O)CCNC(=O)N1CCC(C(=O)O)(C(F)(F)F)C1. The Balaban J connectivity index is 2.68. The number of alkyl halides is 3. The summed E-state index contributed by atoms with van der Waals surface area (Å²) in [6.07, 6.45) is -5.75. The Labute approximate surface area is 118 Å². The summed E-state index contributed by atoms with van der Waals surface area (Å²) in [6, 6.07) is -0.967. The quantitative estimate of drug-likeness (QED) is 0.628. The fourth-order valence-corrected chi connectivity index (χ4v) is 2.31. The van der Waals surface area contributed by atoms with Crippen LogP contribution in [-0.2, 0) is 14.8 Å². The van der Waals surface area contributed by atoms with Crippen molar-refractivity contribution < 1.29 is 36.3 Å². The molecule has 122 valence electrons. The van der Waals surface area contributed by atoms with E-state index in [2.05, 4.69) is 5.32 Å². The summed E-state index contributed by atoms with van der Waals surface area (Å²) in [5, 5.41) is 15.6. The molecule has 1 unspecified atom stereocenters. The number of urea groups is 1. The molecule has 21 heavy (non-hydrogen) atoms. The number of hydrogen-bond donors (Lipinski definition) is 3. The predicted octanol–water partition coefficient (Wildman–Crippen LogP) is -0.676. The number of rotatable bonds is 4. The zero-order chi connectivity index (χ0) is 16.5. The summed E-state index contributed by atoms with van der Waals surface area (Å²) in [5.74, 6) is -2.62. The third kappa shape index (κ3) is 3.97. The zero-order valence-corrected chi connectivity index (χ0v) is 11.5. The van der Waals surface area contributed by atoms with Crippen molar-refractivity contribution in [2.75, 3.05) is 25.4 Å². The van der Waals surface area contributed by atoms with Crippen LogP contribution >= 0.6 is 0 Å². The van der Waals surface area contributed by atoms with E-state index >= 15 is 0 Å². The van der Waals surface area contributed by atoms with E-state index in [1.54, 1.807) is 0 Å². The first-order valence-corrected chi connectivity index (χ1v) is 7.44. The standard InChI is InChI=1S/C9H14F3N3O5S/c10-9(11,12)8(6(16)17)1-3-15(5-8)7(18)14-2-4-21(13,19)20/h1-5H2,(H,14,18)(H,16,17)(H2,13,19,20). The van der Waals surface area contributed by atoms with E-state index in [4.69, 9.17) is 10.2 Å². The molecule has 1 rings (SSSR count). The van der Waals surface area contributed by atoms with Crippen LogP contribution in [0.2, 0.25) is 0 Å². The second kappa shape index (κ2) is 5.67. The van der Waals surface area contributed by atoms with Crippen LogP contribution in [0.15, 0.2) is 0 Å². The van der Waals surface area contributed by atoms with Crippen LogP contribution in [0.5, 0.6) is 0 Å². The van der Waals surface area contributed by atoms with Crippen LogP contribution in [0.3, 0.4) is 0 Å². The molecular formula is C9H14F3N3O5S. The van der Waals surface area contributed by atoms with Gasteiger partial charge in [0, 0.05) is 19.6 Å². The van der Waals surface area contributed by atoms with Gasteiger partial charge in [0.15, 0.2) is 5.41 Å². The number of halogens is 3. The van der Waals surface area contributed by atoms with Gasteiger partial charge in [-0.05, 0) is 6.42 Å². The average molecular weight is 333 g/mol. The molecule has 1 atom stereocenters. The number of carboxylic acid groups (broad SMARTS) is 1. The lowest BCUT2D eigenvalue weighted by atomic mass is 9.86. The Hall–Kier alpha value is -1.56. The van der Waals surface area contributed by atoms with Gasteiger partial charge in [0.2, 0.25) is 10.0 Å². The minimum absolute atomic E-state index is 0.375. The molecule has 1 aliphatic heterocycles. The van der Waals surface area contributed by atoms with Gasteiger partial charge in [-0.25, -0.2) is 18.4 Å². The summed E-state index contributed by atoms with van der Waals surface area (Å²) in [5.41, 5.74) is -3.00. The van der Waals surface area contributed by atoms with Crippen molar-refractivity contribution in [2.24, 2.45) is 10.6 Å². The summed E-state index contributed by atoms with van der Waals surface area (Å²) in [7, 11) is -3.81. The van der Waals surface area contributed by atoms with E-state index in [1.165, 1.54) is 0 Å². The third-order valence-electron chi connectivity index (χ3n) is 3.17. The van der Waals surface area contributed by atoms with E-state index in [0.29, 0.717) is 4.90 Å². The van der Waals surface area contributed by atoms with Gasteiger partial charge in [-0.1, -0.05) is 0 Å². The second-order valence-electron chi connectivity index (χ2n) is 4.66. The van der Waals surface area contributed by atoms with Crippen molar-refractivity contribution in [1.82, 2.24) is 10.2 Å². The highest BCUT2D eigenvalue weighted by molar-refractivity contribution is 7.89. The lowest BCUT2D eigenvalue weighted by Crippen LogP contribution is -2.49. The molecule has 8 nitrogen and oxygen atoms in total. The molecule has 1 heterocycles. The molecule has 0 spiro atoms. The van der Waals surface area contributed by atoms with Crippen molar-refractivity contribution in [3.63, 3.8) is 0 Å². The molecule has 12 heteroatoms. The average Bonchev–Trinajstić information content (AvgIpc) is 2.72. The number of nitrogens with zero attached hydrogens (tertiary/aromatic N) is 1. The molecule has 0 saturated carbocycles. The number of sulfonamides is 1. The fraction of sp³-hybridized carbons (Fsp3) is 0.778. The lowest BCUT2D eigenvalue weighted by molar-refractivity contribution is -0.226. The van der Waals surface area contributed by atoms with E-state index in [-0.39, 0.29) is 6.54 Å². The molecule has 1 aliphatic rings. The smallest absolute Gasteiger partial charge is 0.406 e. The topological polar surface area (TPSA) is 130 Å². The number of carbonyl (C=O) groups is 2. The predicted molar refractivity (Wildman–Crippen MR) is 63.7 cm³/mol. The Morgan fingerprint density at radius 2 is 1.95 bits per heavy atom. The van der Waals surface area contributed by atoms with E-state index < -0.39 is 58.9 Å². The van der Waals surface area contributed by atoms with Crippen LogP contribution in [0.4, 0.5) is 18.0 Å². The van der Waals surface area contributed by atoms with Crippen molar-refractivity contribution in [1.29, 1.82) is 0 Å². The summed E-state index contributed by atoms with van der Waals surface area (Å²) in [4.78, 5) is 23.2. The first kappa shape index (κ1) is 17.5. The van der Waals surface area contributed by atoms with Crippen LogP contribution < -0.4 is 10.5 Å². The van der Waals surface area contributed by atoms with Gasteiger partial charge in [0.25, 0.3) is 0 Å². The van der Waals surface area contributed by atoms with Crippen molar-refractivity contribution in [3.8, 4) is 0 Å². The van der Waals surface area contributed by atoms with Crippen LogP contribution in [0.1, 0.15) is 6.42 Å². The van der Waals surface area contributed by atoms with Crippen LogP contribution in [0, 0.1) is 5.41 Å². The van der Waals surface area contributed by atoms with Gasteiger partial charge in [-0.15, -0.1) is 0 Å². The minimum atomic E-state index is -4.99. The molecule has 2 amide bonds. The normalized spacial score (nSPS) is 23.1. The van der Waals surface area contributed by atoms with Crippen LogP contribution in [0.25, 0.3) is 0 Å². The van der Waals surface area contributed by atoms with Crippen molar-refractivity contribution in [2.45, 2.75) is 12.6 Å². The van der Waals surface area contributed by atoms with Gasteiger partial charge in [-0.2, -0.15) is 13.2 Å². The van der Waals surface area contributed by atoms with Gasteiger partial charge in [-0.3, -0.25) is 4.79 Å². The molecule has 0 bridgehead atoms. The number of carbonyl (C=O) groups excluding carboxylic acids is 1. The number of amides is 2. The molecule has 0 aliphatic carbocycles. The Kier molecular flexibility index (Phi) is 4.73. The number of hydrogen-bond acceptors (Lipinski definition) is 4. The van der Waals surface area contributed by atoms with E-state index in [0.717, 1.165) is 0 Å². The minimum Gasteiger partial charge on any atom is -0.481 e. The largest absolute Gasteiger partial charge is 0.481 e. The van der Waals surface area contributed by atoms with Crippen molar-refractivity contribution >= 4 is 22.0 Å². The highest BCUT2D eigenvalue weighted by Gasteiger charge is 2.64. The first-order valence-electron chi connectivity index (χ1n) is 5.72. The fourth-order valence-electron chi connectivity index (χ4n) is 1.92. The van der Waals surface area contributed by atoms with Crippen LogP contribution in [-0.4, -0.2) is 62.0 Å². The van der Waals surface area contributed by atoms with Gasteiger partial charge < -0.3 is 15.3 Å². The highest BCUT2D eigenvalue weighted by atomic mass is 32.2. The first-order chi connectivity index (χ1) is 9.39. The van der Waals surface area contributed by atoms with Crippen molar-refractivity contribution in [3.05, 3.63) is 0 Å². The maximum atomic E-state index is 12.9. The Bertz CT molecular complexity index is 535. The Morgan fingerprint density at radius 3 is 2.33 bits per heavy atom. The highest BCUT2D eigenvalue weighted by Crippen LogP contribution is 2.45. The maximum Gasteiger partial charge on any atom is 0.406 e. The molecule has 4 N–H and O–H groups in total. The number of primary sulfonamides is 1. The molecule has 1 fully saturated rings. The maximum absolute atomic E-state index is 12.9. The molecule has 0 radical (unpaired) electrons. The van der Waals surface area contributed by atoms with Gasteiger partial charge in [0.1, 0.15) is 0 Å². The second-order valence-corrected chi connectivity index (χ2v) is 6.39.